The maximum Gasteiger partial charge on any atom is 0.317 e. The minimum atomic E-state index is -1.15. The van der Waals surface area contributed by atoms with E-state index >= 15 is 0 Å². The lowest BCUT2D eigenvalue weighted by Gasteiger charge is -2.21. The first-order valence-corrected chi connectivity index (χ1v) is 8.41. The van der Waals surface area contributed by atoms with Crippen molar-refractivity contribution in [1.29, 1.82) is 0 Å². The van der Waals surface area contributed by atoms with Crippen LogP contribution in [0.25, 0.3) is 0 Å². The third kappa shape index (κ3) is 6.66. The van der Waals surface area contributed by atoms with Gasteiger partial charge in [0.2, 0.25) is 0 Å². The van der Waals surface area contributed by atoms with Crippen molar-refractivity contribution in [3.05, 3.63) is 34.9 Å². The number of carboxylic acids is 2. The van der Waals surface area contributed by atoms with Gasteiger partial charge in [-0.1, -0.05) is 45.9 Å². The van der Waals surface area contributed by atoms with Crippen LogP contribution in [0.4, 0.5) is 0 Å². The Kier molecular flexibility index (Phi) is 7.77. The second-order valence-electron chi connectivity index (χ2n) is 6.87. The lowest BCUT2D eigenvalue weighted by atomic mass is 9.86. The molecule has 0 aromatic heterocycles. The highest BCUT2D eigenvalue weighted by atomic mass is 16.4. The fourth-order valence-corrected chi connectivity index (χ4v) is 2.96. The van der Waals surface area contributed by atoms with Crippen LogP contribution in [0.15, 0.2) is 18.2 Å². The average molecular weight is 349 g/mol. The highest BCUT2D eigenvalue weighted by Crippen LogP contribution is 2.28. The van der Waals surface area contributed by atoms with Gasteiger partial charge < -0.3 is 10.2 Å². The van der Waals surface area contributed by atoms with Crippen LogP contribution >= 0.6 is 0 Å². The van der Waals surface area contributed by atoms with Gasteiger partial charge in [-0.25, -0.2) is 0 Å². The van der Waals surface area contributed by atoms with E-state index < -0.39 is 25.0 Å². The van der Waals surface area contributed by atoms with Gasteiger partial charge in [-0.15, -0.1) is 0 Å². The predicted octanol–water partition coefficient (Wildman–Crippen LogP) is 2.52. The van der Waals surface area contributed by atoms with Crippen molar-refractivity contribution in [3.8, 4) is 0 Å². The van der Waals surface area contributed by atoms with E-state index in [4.69, 9.17) is 10.2 Å². The van der Waals surface area contributed by atoms with Crippen LogP contribution in [0, 0.1) is 0 Å². The topological polar surface area (TPSA) is 94.9 Å². The Hall–Kier alpha value is -2.21. The van der Waals surface area contributed by atoms with Crippen molar-refractivity contribution in [2.24, 2.45) is 0 Å². The quantitative estimate of drug-likeness (QED) is 0.674. The molecule has 1 aromatic carbocycles. The standard InChI is InChI=1S/C19H27NO5/c1-12(2)15-6-5-7-16(13(3)4)17(15)8-14(21)9-20(10-18(22)23)11-19(24)25/h5-7,12-13H,8-11H2,1-4H3,(H,22,23)(H,24,25). The van der Waals surface area contributed by atoms with Crippen molar-refractivity contribution in [2.45, 2.75) is 46.0 Å². The van der Waals surface area contributed by atoms with Crippen LogP contribution in [-0.4, -0.2) is 52.5 Å². The number of aliphatic carboxylic acids is 2. The highest BCUT2D eigenvalue weighted by Gasteiger charge is 2.20. The monoisotopic (exact) mass is 349 g/mol. The molecule has 0 fully saturated rings. The number of ketones is 1. The summed E-state index contributed by atoms with van der Waals surface area (Å²) >= 11 is 0. The Morgan fingerprint density at radius 1 is 0.880 bits per heavy atom. The molecular formula is C19H27NO5. The first-order chi connectivity index (χ1) is 11.6. The fourth-order valence-electron chi connectivity index (χ4n) is 2.96. The molecule has 138 valence electrons. The molecule has 0 amide bonds. The van der Waals surface area contributed by atoms with E-state index in [1.54, 1.807) is 0 Å². The Morgan fingerprint density at radius 3 is 1.68 bits per heavy atom. The minimum absolute atomic E-state index is 0.178. The summed E-state index contributed by atoms with van der Waals surface area (Å²) in [6, 6.07) is 6.00. The Bertz CT molecular complexity index is 594. The predicted molar refractivity (Wildman–Crippen MR) is 95.0 cm³/mol. The summed E-state index contributed by atoms with van der Waals surface area (Å²) in [7, 11) is 0. The molecule has 0 aliphatic rings. The van der Waals surface area contributed by atoms with E-state index in [2.05, 4.69) is 27.7 Å². The molecule has 0 saturated heterocycles. The Morgan fingerprint density at radius 2 is 1.32 bits per heavy atom. The summed E-state index contributed by atoms with van der Waals surface area (Å²) < 4.78 is 0. The van der Waals surface area contributed by atoms with Gasteiger partial charge >= 0.3 is 11.9 Å². The van der Waals surface area contributed by atoms with Crippen LogP contribution in [-0.2, 0) is 20.8 Å². The minimum Gasteiger partial charge on any atom is -0.480 e. The number of hydrogen-bond donors (Lipinski definition) is 2. The Labute approximate surface area is 148 Å². The Balaban J connectivity index is 3.01. The second kappa shape index (κ2) is 9.32. The van der Waals surface area contributed by atoms with Crippen LogP contribution in [0.1, 0.15) is 56.2 Å². The van der Waals surface area contributed by atoms with E-state index in [-0.39, 0.29) is 30.6 Å². The molecule has 0 aliphatic heterocycles. The van der Waals surface area contributed by atoms with E-state index in [9.17, 15) is 14.4 Å². The molecule has 0 aliphatic carbocycles. The van der Waals surface area contributed by atoms with Crippen LogP contribution in [0.2, 0.25) is 0 Å². The SMILES string of the molecule is CC(C)c1cccc(C(C)C)c1CC(=O)CN(CC(=O)O)CC(=O)O. The molecule has 0 heterocycles. The van der Waals surface area contributed by atoms with Crippen molar-refractivity contribution < 1.29 is 24.6 Å². The first kappa shape index (κ1) is 20.8. The number of carboxylic acid groups (broad SMARTS) is 2. The maximum absolute atomic E-state index is 12.5. The molecular weight excluding hydrogens is 322 g/mol. The van der Waals surface area contributed by atoms with E-state index in [0.29, 0.717) is 0 Å². The smallest absolute Gasteiger partial charge is 0.317 e. The molecule has 1 aromatic rings. The molecule has 6 nitrogen and oxygen atoms in total. The number of hydrogen-bond acceptors (Lipinski definition) is 4. The van der Waals surface area contributed by atoms with Gasteiger partial charge in [0.25, 0.3) is 0 Å². The average Bonchev–Trinajstić information content (AvgIpc) is 2.45. The summed E-state index contributed by atoms with van der Waals surface area (Å²) in [6.45, 7) is 7.12. The zero-order valence-corrected chi connectivity index (χ0v) is 15.3. The fraction of sp³-hybridized carbons (Fsp3) is 0.526. The summed E-state index contributed by atoms with van der Waals surface area (Å²) in [5.74, 6) is -1.97. The number of benzene rings is 1. The van der Waals surface area contributed by atoms with Crippen molar-refractivity contribution >= 4 is 17.7 Å². The molecule has 0 atom stereocenters. The van der Waals surface area contributed by atoms with Gasteiger partial charge in [0, 0.05) is 6.42 Å². The summed E-state index contributed by atoms with van der Waals surface area (Å²) in [5, 5.41) is 17.8. The lowest BCUT2D eigenvalue weighted by Crippen LogP contribution is -2.38. The number of carbonyl (C=O) groups excluding carboxylic acids is 1. The largest absolute Gasteiger partial charge is 0.480 e. The van der Waals surface area contributed by atoms with Crippen molar-refractivity contribution in [1.82, 2.24) is 4.90 Å². The molecule has 6 heteroatoms. The molecule has 1 rings (SSSR count). The number of rotatable bonds is 10. The summed E-state index contributed by atoms with van der Waals surface area (Å²) in [5.41, 5.74) is 3.17. The molecule has 2 N–H and O–H groups in total. The van der Waals surface area contributed by atoms with Gasteiger partial charge in [0.1, 0.15) is 0 Å². The van der Waals surface area contributed by atoms with Crippen LogP contribution < -0.4 is 0 Å². The number of nitrogens with zero attached hydrogens (tertiary/aromatic N) is 1. The third-order valence-corrected chi connectivity index (χ3v) is 3.98. The third-order valence-electron chi connectivity index (χ3n) is 3.98. The van der Waals surface area contributed by atoms with Gasteiger partial charge in [-0.3, -0.25) is 19.3 Å². The van der Waals surface area contributed by atoms with Crippen molar-refractivity contribution in [3.63, 3.8) is 0 Å². The molecule has 25 heavy (non-hydrogen) atoms. The molecule has 0 bridgehead atoms. The van der Waals surface area contributed by atoms with E-state index in [0.717, 1.165) is 21.6 Å². The van der Waals surface area contributed by atoms with Gasteiger partial charge in [-0.05, 0) is 28.5 Å². The molecule has 0 saturated carbocycles. The van der Waals surface area contributed by atoms with E-state index in [1.165, 1.54) is 0 Å². The van der Waals surface area contributed by atoms with Gasteiger partial charge in [0.15, 0.2) is 5.78 Å². The van der Waals surface area contributed by atoms with Gasteiger partial charge in [-0.2, -0.15) is 0 Å². The second-order valence-corrected chi connectivity index (χ2v) is 6.87. The zero-order valence-electron chi connectivity index (χ0n) is 15.3. The lowest BCUT2D eigenvalue weighted by molar-refractivity contribution is -0.142. The normalized spacial score (nSPS) is 11.3. The molecule has 0 radical (unpaired) electrons. The maximum atomic E-state index is 12.5. The number of Topliss-reactive ketones (excluding diaryl/α,β-unsaturated/α-hetero) is 1. The highest BCUT2D eigenvalue weighted by molar-refractivity contribution is 5.85. The summed E-state index contributed by atoms with van der Waals surface area (Å²) in [4.78, 5) is 35.4. The summed E-state index contributed by atoms with van der Waals surface area (Å²) in [6.07, 6.45) is 0.178. The van der Waals surface area contributed by atoms with Crippen LogP contribution in [0.3, 0.4) is 0 Å². The van der Waals surface area contributed by atoms with Gasteiger partial charge in [0.05, 0.1) is 19.6 Å². The first-order valence-electron chi connectivity index (χ1n) is 8.41. The zero-order chi connectivity index (χ0) is 19.1. The van der Waals surface area contributed by atoms with E-state index in [1.807, 2.05) is 18.2 Å². The molecule has 0 unspecified atom stereocenters. The molecule has 0 spiro atoms. The number of carbonyl (C=O) groups is 3. The van der Waals surface area contributed by atoms with Crippen LogP contribution in [0.5, 0.6) is 0 Å². The van der Waals surface area contributed by atoms with Crippen molar-refractivity contribution in [2.75, 3.05) is 19.6 Å².